The maximum atomic E-state index is 14.0. The summed E-state index contributed by atoms with van der Waals surface area (Å²) in [5.74, 6) is -3.50. The number of carbonyl (C=O) groups excluding carboxylic acids is 1. The van der Waals surface area contributed by atoms with Crippen LogP contribution < -0.4 is 4.74 Å². The smallest absolute Gasteiger partial charge is 0.243 e. The van der Waals surface area contributed by atoms with Gasteiger partial charge in [0.1, 0.15) is 32.8 Å². The molecular weight excluding hydrogens is 451 g/mol. The number of hydrogen-bond donors (Lipinski definition) is 1. The van der Waals surface area contributed by atoms with Crippen molar-refractivity contribution >= 4 is 34.6 Å². The summed E-state index contributed by atoms with van der Waals surface area (Å²) in [6.45, 7) is 8.45. The van der Waals surface area contributed by atoms with Crippen molar-refractivity contribution in [1.29, 1.82) is 0 Å². The monoisotopic (exact) mass is 471 g/mol. The summed E-state index contributed by atoms with van der Waals surface area (Å²) in [5, 5.41) is 9.42. The average molecular weight is 472 g/mol. The van der Waals surface area contributed by atoms with Gasteiger partial charge >= 0.3 is 0 Å². The third kappa shape index (κ3) is 4.14. The van der Waals surface area contributed by atoms with E-state index in [1.54, 1.807) is 39.8 Å². The van der Waals surface area contributed by atoms with Crippen molar-refractivity contribution in [2.75, 3.05) is 0 Å². The molecule has 1 aliphatic heterocycles. The Hall–Kier alpha value is -2.22. The fraction of sp³-hybridized carbons (Fsp3) is 0.364. The number of nitrogens with zero attached hydrogens (tertiary/aromatic N) is 1. The van der Waals surface area contributed by atoms with Gasteiger partial charge < -0.3 is 14.6 Å². The Labute approximate surface area is 188 Å². The van der Waals surface area contributed by atoms with E-state index in [0.29, 0.717) is 12.0 Å². The number of ketones is 1. The van der Waals surface area contributed by atoms with E-state index in [-0.39, 0.29) is 17.1 Å². The fourth-order valence-electron chi connectivity index (χ4n) is 3.50. The van der Waals surface area contributed by atoms with Crippen LogP contribution in [0.15, 0.2) is 24.0 Å². The number of aliphatic hydroxyl groups is 1. The van der Waals surface area contributed by atoms with Crippen LogP contribution in [0.4, 0.5) is 8.78 Å². The van der Waals surface area contributed by atoms with Gasteiger partial charge in [-0.3, -0.25) is 4.79 Å². The zero-order valence-corrected chi connectivity index (χ0v) is 19.1. The van der Waals surface area contributed by atoms with E-state index in [9.17, 15) is 18.7 Å². The minimum atomic E-state index is -1.27. The Bertz CT molecular complexity index is 1110. The molecule has 5 nitrogen and oxygen atoms in total. The highest BCUT2D eigenvalue weighted by molar-refractivity contribution is 6.35. The summed E-state index contributed by atoms with van der Waals surface area (Å²) in [7, 11) is 0. The molecule has 0 saturated heterocycles. The van der Waals surface area contributed by atoms with Crippen molar-refractivity contribution in [3.8, 4) is 11.6 Å². The predicted molar refractivity (Wildman–Crippen MR) is 114 cm³/mol. The van der Waals surface area contributed by atoms with E-state index in [1.165, 1.54) is 6.07 Å². The SMILES string of the molecule is CCc1ccc(Oc2nc(F)c(Cl)c(F)c2Cl)cc1C1=C(O)C(C)(C)OC(C)(C)C1=O. The van der Waals surface area contributed by atoms with Gasteiger partial charge in [-0.15, -0.1) is 0 Å². The van der Waals surface area contributed by atoms with Crippen molar-refractivity contribution < 1.29 is 28.2 Å². The van der Waals surface area contributed by atoms with Crippen LogP contribution in [0.1, 0.15) is 45.7 Å². The van der Waals surface area contributed by atoms with Crippen molar-refractivity contribution in [3.63, 3.8) is 0 Å². The molecule has 166 valence electrons. The van der Waals surface area contributed by atoms with E-state index < -0.39 is 44.7 Å². The van der Waals surface area contributed by atoms with Crippen molar-refractivity contribution in [2.24, 2.45) is 0 Å². The van der Waals surface area contributed by atoms with E-state index >= 15 is 0 Å². The van der Waals surface area contributed by atoms with Gasteiger partial charge in [0.2, 0.25) is 11.8 Å². The molecule has 0 unspecified atom stereocenters. The molecule has 1 N–H and O–H groups in total. The molecule has 2 aromatic rings. The average Bonchev–Trinajstić information content (AvgIpc) is 2.69. The molecule has 0 aliphatic carbocycles. The first-order valence-corrected chi connectivity index (χ1v) is 10.3. The molecular formula is C22H21Cl2F2NO4. The minimum Gasteiger partial charge on any atom is -0.508 e. The van der Waals surface area contributed by atoms with Gasteiger partial charge in [-0.05, 0) is 57.4 Å². The summed E-state index contributed by atoms with van der Waals surface area (Å²) in [5.41, 5.74) is -1.03. The fourth-order valence-corrected chi connectivity index (χ4v) is 3.86. The molecule has 1 aromatic heterocycles. The molecule has 2 heterocycles. The van der Waals surface area contributed by atoms with Gasteiger partial charge in [0.25, 0.3) is 0 Å². The normalized spacial score (nSPS) is 17.8. The lowest BCUT2D eigenvalue weighted by molar-refractivity contribution is -0.158. The lowest BCUT2D eigenvalue weighted by atomic mass is 9.81. The highest BCUT2D eigenvalue weighted by Gasteiger charge is 2.47. The summed E-state index contributed by atoms with van der Waals surface area (Å²) in [6.07, 6.45) is 0.546. The van der Waals surface area contributed by atoms with Crippen LogP contribution in [0.25, 0.3) is 5.57 Å². The van der Waals surface area contributed by atoms with Crippen LogP contribution in [0.2, 0.25) is 10.0 Å². The molecule has 0 amide bonds. The van der Waals surface area contributed by atoms with Gasteiger partial charge in [-0.1, -0.05) is 36.2 Å². The molecule has 0 spiro atoms. The molecule has 0 atom stereocenters. The van der Waals surface area contributed by atoms with Crippen molar-refractivity contribution in [1.82, 2.24) is 4.98 Å². The number of aliphatic hydroxyl groups excluding tert-OH is 1. The molecule has 9 heteroatoms. The number of benzene rings is 1. The van der Waals surface area contributed by atoms with E-state index in [1.807, 2.05) is 6.92 Å². The molecule has 3 rings (SSSR count). The Kier molecular flexibility index (Phi) is 6.08. The standard InChI is InChI=1S/C22H21Cl2F2NO4/c1-6-10-7-8-11(30-20-15(24)16(25)14(23)19(26)27-20)9-12(10)13-17(28)21(2,3)31-22(4,5)18(13)29/h7-9,28H,6H2,1-5H3. The zero-order valence-electron chi connectivity index (χ0n) is 17.6. The largest absolute Gasteiger partial charge is 0.508 e. The van der Waals surface area contributed by atoms with E-state index in [2.05, 4.69) is 4.98 Å². The third-order valence-electron chi connectivity index (χ3n) is 4.99. The van der Waals surface area contributed by atoms with Crippen LogP contribution in [-0.4, -0.2) is 27.1 Å². The van der Waals surface area contributed by atoms with Crippen LogP contribution in [0.5, 0.6) is 11.6 Å². The maximum absolute atomic E-state index is 14.0. The Morgan fingerprint density at radius 3 is 2.39 bits per heavy atom. The molecule has 31 heavy (non-hydrogen) atoms. The highest BCUT2D eigenvalue weighted by Crippen LogP contribution is 2.42. The van der Waals surface area contributed by atoms with Crippen LogP contribution in [0, 0.1) is 11.8 Å². The Morgan fingerprint density at radius 2 is 1.77 bits per heavy atom. The highest BCUT2D eigenvalue weighted by atomic mass is 35.5. The lowest BCUT2D eigenvalue weighted by Crippen LogP contribution is -2.49. The lowest BCUT2D eigenvalue weighted by Gasteiger charge is -2.40. The zero-order chi connectivity index (χ0) is 23.3. The second-order valence-electron chi connectivity index (χ2n) is 8.10. The quantitative estimate of drug-likeness (QED) is 0.519. The molecule has 1 aliphatic rings. The number of ether oxygens (including phenoxy) is 2. The molecule has 0 bridgehead atoms. The number of Topliss-reactive ketones (excluding diaryl/α,β-unsaturated/α-hetero) is 1. The number of carbonyl (C=O) groups is 1. The van der Waals surface area contributed by atoms with Crippen molar-refractivity contribution in [2.45, 2.75) is 52.2 Å². The third-order valence-corrected chi connectivity index (χ3v) is 5.64. The molecule has 0 radical (unpaired) electrons. The Balaban J connectivity index is 2.16. The predicted octanol–water partition coefficient (Wildman–Crippen LogP) is 6.45. The van der Waals surface area contributed by atoms with Gasteiger partial charge in [-0.25, -0.2) is 4.39 Å². The number of hydrogen-bond acceptors (Lipinski definition) is 5. The molecule has 1 aromatic carbocycles. The minimum absolute atomic E-state index is 0.0936. The maximum Gasteiger partial charge on any atom is 0.243 e. The van der Waals surface area contributed by atoms with Crippen LogP contribution >= 0.6 is 23.2 Å². The van der Waals surface area contributed by atoms with E-state index in [4.69, 9.17) is 32.7 Å². The molecule has 0 saturated carbocycles. The van der Waals surface area contributed by atoms with Gasteiger partial charge in [0.15, 0.2) is 11.6 Å². The number of aryl methyl sites for hydroxylation is 1. The van der Waals surface area contributed by atoms with Crippen LogP contribution in [0.3, 0.4) is 0 Å². The summed E-state index contributed by atoms with van der Waals surface area (Å²) in [4.78, 5) is 16.6. The van der Waals surface area contributed by atoms with Gasteiger partial charge in [-0.2, -0.15) is 9.37 Å². The number of pyridine rings is 1. The second kappa shape index (κ2) is 8.04. The second-order valence-corrected chi connectivity index (χ2v) is 8.86. The molecule has 0 fully saturated rings. The van der Waals surface area contributed by atoms with E-state index in [0.717, 1.165) is 5.56 Å². The number of rotatable bonds is 4. The first-order valence-electron chi connectivity index (χ1n) is 9.50. The Morgan fingerprint density at radius 1 is 1.13 bits per heavy atom. The number of halogens is 4. The van der Waals surface area contributed by atoms with Gasteiger partial charge in [0.05, 0.1) is 5.57 Å². The summed E-state index contributed by atoms with van der Waals surface area (Å²) in [6, 6.07) is 4.72. The first kappa shape index (κ1) is 23.4. The van der Waals surface area contributed by atoms with Crippen LogP contribution in [-0.2, 0) is 16.0 Å². The van der Waals surface area contributed by atoms with Crippen molar-refractivity contribution in [3.05, 3.63) is 56.9 Å². The summed E-state index contributed by atoms with van der Waals surface area (Å²) < 4.78 is 39.0. The van der Waals surface area contributed by atoms with Gasteiger partial charge in [0, 0.05) is 0 Å². The number of aromatic nitrogens is 1. The topological polar surface area (TPSA) is 68.7 Å². The summed E-state index contributed by atoms with van der Waals surface area (Å²) >= 11 is 11.3. The first-order chi connectivity index (χ1) is 14.3.